The molecule has 0 aliphatic heterocycles. The summed E-state index contributed by atoms with van der Waals surface area (Å²) in [6, 6.07) is 15.5. The molecule has 1 atom stereocenters. The molecule has 2 nitrogen and oxygen atoms in total. The molecule has 0 aromatic heterocycles. The number of fused-ring (bicyclic) bond motifs is 1. The predicted molar refractivity (Wildman–Crippen MR) is 85.8 cm³/mol. The van der Waals surface area contributed by atoms with Crippen molar-refractivity contribution in [1.82, 2.24) is 0 Å². The Hall–Kier alpha value is 0.629. The van der Waals surface area contributed by atoms with Crippen molar-refractivity contribution in [2.45, 2.75) is 40.2 Å². The minimum Gasteiger partial charge on any atom is -0.675 e. The van der Waals surface area contributed by atoms with E-state index in [4.69, 9.17) is 5.73 Å². The maximum atomic E-state index is 9.83. The fourth-order valence-electron chi connectivity index (χ4n) is 1.65. The van der Waals surface area contributed by atoms with Crippen LogP contribution < -0.4 is 51.4 Å². The number of carbonyl (C=O) groups is 1. The molecule has 1 unspecified atom stereocenters. The molecule has 1 radical (unpaired) electrons. The van der Waals surface area contributed by atoms with Gasteiger partial charge >= 0.3 is 51.4 Å². The van der Waals surface area contributed by atoms with Gasteiger partial charge in [-0.05, 0) is 6.42 Å². The van der Waals surface area contributed by atoms with Crippen LogP contribution in [0.1, 0.15) is 33.3 Å². The number of aldehydes is 1. The first kappa shape index (κ1) is 24.9. The van der Waals surface area contributed by atoms with Crippen LogP contribution in [0.2, 0.25) is 0 Å². The molecule has 2 aromatic rings. The molecule has 0 heterocycles. The van der Waals surface area contributed by atoms with Gasteiger partial charge in [0.25, 0.3) is 0 Å². The van der Waals surface area contributed by atoms with Crippen molar-refractivity contribution < 1.29 is 76.6 Å². The molecule has 0 fully saturated rings. The molecular weight excluding hydrogens is 472 g/mol. The van der Waals surface area contributed by atoms with E-state index in [1.165, 1.54) is 10.9 Å². The fraction of sp³-hybridized carbons (Fsp3) is 0.389. The van der Waals surface area contributed by atoms with Crippen LogP contribution >= 0.6 is 0 Å². The summed E-state index contributed by atoms with van der Waals surface area (Å²) in [5.74, 6) is 0. The first-order valence-electron chi connectivity index (χ1n) is 6.88. The van der Waals surface area contributed by atoms with Gasteiger partial charge in [-0.15, -0.1) is 53.2 Å². The van der Waals surface area contributed by atoms with Gasteiger partial charge in [0.1, 0.15) is 6.29 Å². The fourth-order valence-corrected chi connectivity index (χ4v) is 1.65. The summed E-state index contributed by atoms with van der Waals surface area (Å²) in [6.45, 7) is 7.54. The van der Waals surface area contributed by atoms with E-state index in [1.54, 1.807) is 0 Å². The number of rotatable bonds is 2. The maximum absolute atomic E-state index is 9.83. The van der Waals surface area contributed by atoms with Gasteiger partial charge in [-0.2, -0.15) is 0 Å². The summed E-state index contributed by atoms with van der Waals surface area (Å²) in [6.07, 6.45) is 1.76. The van der Waals surface area contributed by atoms with E-state index in [2.05, 4.69) is 30.3 Å². The van der Waals surface area contributed by atoms with Crippen molar-refractivity contribution in [2.75, 3.05) is 0 Å². The SMILES string of the molecule is CC(C)(C)C=O.CC([NH-])Cc1ccc2[c-]cccc2c1.[K+].[Re]. The summed E-state index contributed by atoms with van der Waals surface area (Å²) in [5.41, 5.74) is 8.61. The minimum absolute atomic E-state index is 0. The first-order chi connectivity index (χ1) is 9.31. The van der Waals surface area contributed by atoms with E-state index in [9.17, 15) is 4.79 Å². The third-order valence-corrected chi connectivity index (χ3v) is 2.62. The van der Waals surface area contributed by atoms with Crippen molar-refractivity contribution in [2.24, 2.45) is 5.41 Å². The molecule has 4 heteroatoms. The van der Waals surface area contributed by atoms with Crippen LogP contribution in [0.15, 0.2) is 36.4 Å². The molecule has 0 bridgehead atoms. The van der Waals surface area contributed by atoms with Crippen molar-refractivity contribution in [3.05, 3.63) is 53.8 Å². The Labute approximate surface area is 190 Å². The Morgan fingerprint density at radius 3 is 2.36 bits per heavy atom. The minimum atomic E-state index is -0.139. The number of hydrogen-bond acceptors (Lipinski definition) is 1. The molecular formula is C18H23KNORe-. The third-order valence-electron chi connectivity index (χ3n) is 2.62. The predicted octanol–water partition coefficient (Wildman–Crippen LogP) is 1.86. The second kappa shape index (κ2) is 12.1. The van der Waals surface area contributed by atoms with E-state index < -0.39 is 0 Å². The molecule has 0 aliphatic rings. The monoisotopic (exact) mass is 495 g/mol. The number of carbonyl (C=O) groups excluding carboxylic acids is 1. The van der Waals surface area contributed by atoms with Gasteiger partial charge in [0, 0.05) is 25.8 Å². The van der Waals surface area contributed by atoms with Gasteiger partial charge in [-0.25, -0.2) is 0 Å². The van der Waals surface area contributed by atoms with Gasteiger partial charge in [-0.3, -0.25) is 0 Å². The van der Waals surface area contributed by atoms with Crippen molar-refractivity contribution in [1.29, 1.82) is 0 Å². The summed E-state index contributed by atoms with van der Waals surface area (Å²) in [4.78, 5) is 9.83. The van der Waals surface area contributed by atoms with E-state index in [-0.39, 0.29) is 83.3 Å². The number of benzene rings is 2. The summed E-state index contributed by atoms with van der Waals surface area (Å²) in [5, 5.41) is 2.36. The Morgan fingerprint density at radius 1 is 1.27 bits per heavy atom. The molecule has 0 saturated heterocycles. The topological polar surface area (TPSA) is 40.9 Å². The molecule has 2 aromatic carbocycles. The van der Waals surface area contributed by atoms with E-state index >= 15 is 0 Å². The van der Waals surface area contributed by atoms with Gasteiger partial charge in [0.2, 0.25) is 0 Å². The Morgan fingerprint density at radius 2 is 1.86 bits per heavy atom. The molecule has 0 aliphatic carbocycles. The second-order valence-electron chi connectivity index (χ2n) is 6.18. The average molecular weight is 495 g/mol. The molecule has 2 rings (SSSR count). The Kier molecular flexibility index (Phi) is 13.6. The quantitative estimate of drug-likeness (QED) is 0.357. The van der Waals surface area contributed by atoms with Gasteiger partial charge in [0.15, 0.2) is 0 Å². The van der Waals surface area contributed by atoms with Crippen LogP contribution in [-0.4, -0.2) is 12.3 Å². The zero-order chi connectivity index (χ0) is 15.2. The largest absolute Gasteiger partial charge is 1.00 e. The molecule has 1 N–H and O–H groups in total. The maximum Gasteiger partial charge on any atom is 1.00 e. The molecule has 0 spiro atoms. The molecule has 115 valence electrons. The van der Waals surface area contributed by atoms with Crippen LogP contribution in [-0.2, 0) is 31.6 Å². The van der Waals surface area contributed by atoms with E-state index in [0.717, 1.165) is 18.1 Å². The average Bonchev–Trinajstić information content (AvgIpc) is 2.38. The third kappa shape index (κ3) is 10.4. The zero-order valence-electron chi connectivity index (χ0n) is 14.1. The Bertz CT molecular complexity index is 564. The molecule has 0 saturated carbocycles. The van der Waals surface area contributed by atoms with E-state index in [1.807, 2.05) is 39.8 Å². The zero-order valence-corrected chi connectivity index (χ0v) is 20.0. The summed E-state index contributed by atoms with van der Waals surface area (Å²) < 4.78 is 0. The van der Waals surface area contributed by atoms with Crippen molar-refractivity contribution in [3.63, 3.8) is 0 Å². The number of nitrogens with one attached hydrogen (secondary N) is 1. The van der Waals surface area contributed by atoms with E-state index in [0.29, 0.717) is 0 Å². The normalized spacial score (nSPS) is 11.3. The van der Waals surface area contributed by atoms with Crippen LogP contribution in [0.4, 0.5) is 0 Å². The van der Waals surface area contributed by atoms with Crippen molar-refractivity contribution in [3.8, 4) is 0 Å². The van der Waals surface area contributed by atoms with Crippen LogP contribution in [0.5, 0.6) is 0 Å². The smallest absolute Gasteiger partial charge is 0.675 e. The van der Waals surface area contributed by atoms with Gasteiger partial charge < -0.3 is 10.5 Å². The van der Waals surface area contributed by atoms with Gasteiger partial charge in [-0.1, -0.05) is 39.3 Å². The second-order valence-corrected chi connectivity index (χ2v) is 6.18. The van der Waals surface area contributed by atoms with Gasteiger partial charge in [0.05, 0.1) is 0 Å². The van der Waals surface area contributed by atoms with Crippen molar-refractivity contribution >= 4 is 17.1 Å². The molecule has 22 heavy (non-hydrogen) atoms. The van der Waals surface area contributed by atoms with Crippen LogP contribution in [0.3, 0.4) is 0 Å². The Balaban J connectivity index is 0. The van der Waals surface area contributed by atoms with Crippen LogP contribution in [0, 0.1) is 11.5 Å². The number of hydrogen-bond donors (Lipinski definition) is 0. The summed E-state index contributed by atoms with van der Waals surface area (Å²) >= 11 is 0. The summed E-state index contributed by atoms with van der Waals surface area (Å²) in [7, 11) is 0. The van der Waals surface area contributed by atoms with Crippen LogP contribution in [0.25, 0.3) is 16.5 Å². The first-order valence-corrected chi connectivity index (χ1v) is 6.88. The standard InChI is InChI=1S/C13H13N.C5H10O.K.Re/c1-10(14)8-11-6-7-12-4-2-3-5-13(12)9-11;1-5(2,3)4-6;;/h2-3,5-7,9-10,14H,8H2,1H3;4H,1-3H3;;/q-2;;+1;. The molecule has 0 amide bonds.